The summed E-state index contributed by atoms with van der Waals surface area (Å²) < 4.78 is 0. The third kappa shape index (κ3) is 3.88. The fourth-order valence-corrected chi connectivity index (χ4v) is 1.23. The second-order valence-electron chi connectivity index (χ2n) is 2.79. The van der Waals surface area contributed by atoms with E-state index in [1.807, 2.05) is 6.92 Å². The van der Waals surface area contributed by atoms with Crippen molar-refractivity contribution in [3.8, 4) is 11.8 Å². The highest BCUT2D eigenvalue weighted by Crippen LogP contribution is 2.15. The van der Waals surface area contributed by atoms with Crippen molar-refractivity contribution < 1.29 is 0 Å². The molecule has 0 saturated carbocycles. The molecule has 62 valence electrons. The third-order valence-electron chi connectivity index (χ3n) is 1.90. The van der Waals surface area contributed by atoms with Gasteiger partial charge in [0.2, 0.25) is 0 Å². The van der Waals surface area contributed by atoms with Gasteiger partial charge in [-0.25, -0.2) is 0 Å². The first-order valence-corrected chi connectivity index (χ1v) is 4.31. The van der Waals surface area contributed by atoms with Crippen LogP contribution in [-0.2, 0) is 0 Å². The Morgan fingerprint density at radius 1 is 1.45 bits per heavy atom. The van der Waals surface area contributed by atoms with E-state index in [4.69, 9.17) is 0 Å². The van der Waals surface area contributed by atoms with Crippen molar-refractivity contribution in [2.24, 2.45) is 11.8 Å². The molecule has 0 aromatic heterocycles. The summed E-state index contributed by atoms with van der Waals surface area (Å²) in [7, 11) is 0. The lowest BCUT2D eigenvalue weighted by molar-refractivity contribution is 0.513. The maximum absolute atomic E-state index is 3.22. The van der Waals surface area contributed by atoms with Crippen molar-refractivity contribution in [2.45, 2.75) is 34.1 Å². The summed E-state index contributed by atoms with van der Waals surface area (Å²) in [6, 6.07) is 0. The predicted molar refractivity (Wildman–Crippen MR) is 51.2 cm³/mol. The lowest BCUT2D eigenvalue weighted by atomic mass is 9.92. The minimum absolute atomic E-state index is 0.538. The molecule has 0 aliphatic rings. The number of rotatable bonds is 3. The molecular weight excluding hydrogens is 132 g/mol. The van der Waals surface area contributed by atoms with Crippen LogP contribution in [0.25, 0.3) is 0 Å². The lowest BCUT2D eigenvalue weighted by Crippen LogP contribution is -2.05. The summed E-state index contributed by atoms with van der Waals surface area (Å²) in [4.78, 5) is 0. The molecule has 0 aromatic rings. The molecule has 0 heteroatoms. The molecular formula is C11H18. The van der Waals surface area contributed by atoms with Gasteiger partial charge in [0.1, 0.15) is 0 Å². The zero-order chi connectivity index (χ0) is 8.69. The van der Waals surface area contributed by atoms with Crippen LogP contribution in [0, 0.1) is 23.7 Å². The normalized spacial score (nSPS) is 15.6. The molecule has 0 radical (unpaired) electrons. The second kappa shape index (κ2) is 6.04. The fourth-order valence-electron chi connectivity index (χ4n) is 1.23. The zero-order valence-electron chi connectivity index (χ0n) is 8.02. The highest BCUT2D eigenvalue weighted by molar-refractivity contribution is 5.05. The van der Waals surface area contributed by atoms with Crippen molar-refractivity contribution in [3.63, 3.8) is 0 Å². The van der Waals surface area contributed by atoms with Crippen molar-refractivity contribution in [1.29, 1.82) is 0 Å². The van der Waals surface area contributed by atoms with Crippen LogP contribution in [0.15, 0.2) is 12.2 Å². The van der Waals surface area contributed by atoms with Gasteiger partial charge in [0.05, 0.1) is 0 Å². The van der Waals surface area contributed by atoms with E-state index in [0.717, 1.165) is 6.42 Å². The Morgan fingerprint density at radius 3 is 2.45 bits per heavy atom. The molecule has 11 heavy (non-hydrogen) atoms. The Labute approximate surface area is 70.7 Å². The lowest BCUT2D eigenvalue weighted by Gasteiger charge is -2.12. The highest BCUT2D eigenvalue weighted by Gasteiger charge is 2.08. The Morgan fingerprint density at radius 2 is 2.09 bits per heavy atom. The molecule has 0 N–H and O–H groups in total. The fraction of sp³-hybridized carbons (Fsp3) is 0.636. The SMILES string of the molecule is CC#CC(CC)C(C)/C=C/C. The van der Waals surface area contributed by atoms with E-state index >= 15 is 0 Å². The average Bonchev–Trinajstić information content (AvgIpc) is 2.00. The predicted octanol–water partition coefficient (Wildman–Crippen LogP) is 3.25. The van der Waals surface area contributed by atoms with Gasteiger partial charge < -0.3 is 0 Å². The molecule has 0 aromatic carbocycles. The van der Waals surface area contributed by atoms with Crippen molar-refractivity contribution in [3.05, 3.63) is 12.2 Å². The minimum atomic E-state index is 0.538. The monoisotopic (exact) mass is 150 g/mol. The topological polar surface area (TPSA) is 0 Å². The number of allylic oxidation sites excluding steroid dienone is 2. The van der Waals surface area contributed by atoms with Crippen molar-refractivity contribution in [1.82, 2.24) is 0 Å². The molecule has 2 unspecified atom stereocenters. The van der Waals surface area contributed by atoms with E-state index < -0.39 is 0 Å². The van der Waals surface area contributed by atoms with E-state index in [9.17, 15) is 0 Å². The van der Waals surface area contributed by atoms with Crippen LogP contribution in [0.3, 0.4) is 0 Å². The summed E-state index contributed by atoms with van der Waals surface area (Å²) in [5.74, 6) is 7.32. The van der Waals surface area contributed by atoms with Gasteiger partial charge in [-0.2, -0.15) is 0 Å². The summed E-state index contributed by atoms with van der Waals surface area (Å²) >= 11 is 0. The first-order chi connectivity index (χ1) is 5.26. The van der Waals surface area contributed by atoms with Crippen LogP contribution in [0.2, 0.25) is 0 Å². The van der Waals surface area contributed by atoms with Gasteiger partial charge in [-0.3, -0.25) is 0 Å². The molecule has 0 heterocycles. The Balaban J connectivity index is 4.09. The largest absolute Gasteiger partial charge is 0.106 e. The van der Waals surface area contributed by atoms with Crippen LogP contribution in [-0.4, -0.2) is 0 Å². The molecule has 0 amide bonds. The first kappa shape index (κ1) is 10.3. The van der Waals surface area contributed by atoms with Crippen molar-refractivity contribution in [2.75, 3.05) is 0 Å². The summed E-state index contributed by atoms with van der Waals surface area (Å²) in [5.41, 5.74) is 0. The van der Waals surface area contributed by atoms with E-state index in [1.54, 1.807) is 0 Å². The maximum atomic E-state index is 3.22. The maximum Gasteiger partial charge on any atom is 0.0260 e. The van der Waals surface area contributed by atoms with Crippen LogP contribution in [0.4, 0.5) is 0 Å². The van der Waals surface area contributed by atoms with Gasteiger partial charge in [0, 0.05) is 5.92 Å². The van der Waals surface area contributed by atoms with Gasteiger partial charge in [-0.05, 0) is 26.2 Å². The molecule has 0 spiro atoms. The smallest absolute Gasteiger partial charge is 0.0260 e. The first-order valence-electron chi connectivity index (χ1n) is 4.31. The van der Waals surface area contributed by atoms with E-state index in [1.165, 1.54) is 0 Å². The molecule has 0 aliphatic carbocycles. The molecule has 0 saturated heterocycles. The highest BCUT2D eigenvalue weighted by atomic mass is 14.1. The molecule has 0 nitrogen and oxygen atoms in total. The zero-order valence-corrected chi connectivity index (χ0v) is 8.02. The third-order valence-corrected chi connectivity index (χ3v) is 1.90. The summed E-state index contributed by atoms with van der Waals surface area (Å²) in [5, 5.41) is 0. The standard InChI is InChI=1S/C11H18/c1-5-8-10(4)11(7-3)9-6-2/h5,8,10-11H,7H2,1-4H3/b8-5+. The van der Waals surface area contributed by atoms with Crippen LogP contribution in [0.1, 0.15) is 34.1 Å². The molecule has 0 bridgehead atoms. The van der Waals surface area contributed by atoms with Crippen LogP contribution in [0.5, 0.6) is 0 Å². The summed E-state index contributed by atoms with van der Waals surface area (Å²) in [6.07, 6.45) is 5.47. The molecule has 0 rings (SSSR count). The van der Waals surface area contributed by atoms with Gasteiger partial charge >= 0.3 is 0 Å². The van der Waals surface area contributed by atoms with Gasteiger partial charge in [0.15, 0.2) is 0 Å². The molecule has 0 fully saturated rings. The quantitative estimate of drug-likeness (QED) is 0.428. The Kier molecular flexibility index (Phi) is 5.65. The second-order valence-corrected chi connectivity index (χ2v) is 2.79. The Bertz CT molecular complexity index is 166. The Hall–Kier alpha value is -0.700. The van der Waals surface area contributed by atoms with E-state index in [2.05, 4.69) is 44.8 Å². The van der Waals surface area contributed by atoms with Gasteiger partial charge in [-0.15, -0.1) is 5.92 Å². The van der Waals surface area contributed by atoms with E-state index in [-0.39, 0.29) is 0 Å². The van der Waals surface area contributed by atoms with Gasteiger partial charge in [0.25, 0.3) is 0 Å². The average molecular weight is 150 g/mol. The van der Waals surface area contributed by atoms with Gasteiger partial charge in [-0.1, -0.05) is 31.9 Å². The van der Waals surface area contributed by atoms with Crippen LogP contribution >= 0.6 is 0 Å². The number of hydrogen-bond acceptors (Lipinski definition) is 0. The number of hydrogen-bond donors (Lipinski definition) is 0. The van der Waals surface area contributed by atoms with E-state index in [0.29, 0.717) is 11.8 Å². The van der Waals surface area contributed by atoms with Crippen molar-refractivity contribution >= 4 is 0 Å². The minimum Gasteiger partial charge on any atom is -0.106 e. The van der Waals surface area contributed by atoms with Crippen LogP contribution < -0.4 is 0 Å². The summed E-state index contributed by atoms with van der Waals surface area (Å²) in [6.45, 7) is 8.38. The molecule has 0 aliphatic heterocycles. The molecule has 2 atom stereocenters.